The number of hydrogen-bond acceptors (Lipinski definition) is 5. The number of hydrogen-bond donors (Lipinski definition) is 0. The normalized spacial score (nSPS) is 10.6. The molecule has 112 valence electrons. The van der Waals surface area contributed by atoms with Gasteiger partial charge in [-0.2, -0.15) is 0 Å². The summed E-state index contributed by atoms with van der Waals surface area (Å²) in [6, 6.07) is 7.44. The van der Waals surface area contributed by atoms with Gasteiger partial charge in [0.25, 0.3) is 0 Å². The van der Waals surface area contributed by atoms with E-state index in [2.05, 4.69) is 4.98 Å². The minimum atomic E-state index is -0.473. The molecule has 0 amide bonds. The van der Waals surface area contributed by atoms with Crippen LogP contribution in [0.2, 0.25) is 0 Å². The molecule has 0 N–H and O–H groups in total. The van der Waals surface area contributed by atoms with Crippen LogP contribution >= 0.6 is 0 Å². The van der Waals surface area contributed by atoms with Crippen LogP contribution in [0.4, 0.5) is 0 Å². The first kappa shape index (κ1) is 15.3. The van der Waals surface area contributed by atoms with E-state index < -0.39 is 5.97 Å². The van der Waals surface area contributed by atoms with Crippen molar-refractivity contribution in [3.63, 3.8) is 0 Å². The Bertz CT molecular complexity index is 639. The van der Waals surface area contributed by atoms with Crippen LogP contribution in [0.15, 0.2) is 24.3 Å². The van der Waals surface area contributed by atoms with Gasteiger partial charge in [-0.15, -0.1) is 0 Å². The first-order valence-electron chi connectivity index (χ1n) is 6.77. The smallest absolute Gasteiger partial charge is 0.356 e. The number of pyridine rings is 1. The quantitative estimate of drug-likeness (QED) is 0.604. The fourth-order valence-electron chi connectivity index (χ4n) is 2.02. The highest BCUT2D eigenvalue weighted by Gasteiger charge is 2.13. The predicted molar refractivity (Wildman–Crippen MR) is 79.8 cm³/mol. The molecule has 1 heterocycles. The number of aryl methyl sites for hydroxylation is 1. The van der Waals surface area contributed by atoms with E-state index >= 15 is 0 Å². The van der Waals surface area contributed by atoms with Gasteiger partial charge < -0.3 is 14.2 Å². The fourth-order valence-corrected chi connectivity index (χ4v) is 2.02. The number of nitrogens with zero attached hydrogens (tertiary/aromatic N) is 1. The largest absolute Gasteiger partial charge is 0.493 e. The van der Waals surface area contributed by atoms with Crippen LogP contribution < -0.4 is 4.74 Å². The van der Waals surface area contributed by atoms with Crippen LogP contribution in [0.25, 0.3) is 10.9 Å². The fraction of sp³-hybridized carbons (Fsp3) is 0.375. The van der Waals surface area contributed by atoms with Crippen LogP contribution in [0.5, 0.6) is 5.75 Å². The lowest BCUT2D eigenvalue weighted by Crippen LogP contribution is -2.07. The number of methoxy groups -OCH3 is 2. The number of carbonyl (C=O) groups is 1. The Labute approximate surface area is 123 Å². The molecular formula is C16H19NO4. The third kappa shape index (κ3) is 3.70. The molecule has 1 aromatic heterocycles. The molecule has 5 nitrogen and oxygen atoms in total. The molecule has 2 aromatic rings. The summed E-state index contributed by atoms with van der Waals surface area (Å²) in [5.41, 5.74) is 2.07. The van der Waals surface area contributed by atoms with Gasteiger partial charge in [0.15, 0.2) is 5.69 Å². The molecule has 21 heavy (non-hydrogen) atoms. The maximum Gasteiger partial charge on any atom is 0.356 e. The first-order chi connectivity index (χ1) is 10.2. The Morgan fingerprint density at radius 1 is 1.19 bits per heavy atom. The monoisotopic (exact) mass is 289 g/mol. The number of esters is 1. The highest BCUT2D eigenvalue weighted by Crippen LogP contribution is 2.27. The number of rotatable bonds is 6. The van der Waals surface area contributed by atoms with E-state index in [0.717, 1.165) is 17.4 Å². The minimum Gasteiger partial charge on any atom is -0.493 e. The van der Waals surface area contributed by atoms with E-state index in [1.807, 2.05) is 25.1 Å². The number of carbonyl (C=O) groups excluding carboxylic acids is 1. The maximum atomic E-state index is 11.7. The predicted octanol–water partition coefficient (Wildman–Crippen LogP) is 2.75. The number of aromatic nitrogens is 1. The lowest BCUT2D eigenvalue weighted by Gasteiger charge is -2.11. The summed E-state index contributed by atoms with van der Waals surface area (Å²) < 4.78 is 15.5. The highest BCUT2D eigenvalue weighted by molar-refractivity contribution is 5.94. The SMILES string of the molecule is COCCCOc1cc(C(=O)OC)nc2ccc(C)cc12. The molecule has 0 unspecified atom stereocenters. The van der Waals surface area contributed by atoms with Gasteiger partial charge in [0.2, 0.25) is 0 Å². The zero-order valence-electron chi connectivity index (χ0n) is 12.5. The van der Waals surface area contributed by atoms with E-state index in [1.54, 1.807) is 13.2 Å². The maximum absolute atomic E-state index is 11.7. The number of ether oxygens (including phenoxy) is 3. The molecule has 0 saturated carbocycles. The molecule has 0 radical (unpaired) electrons. The molecule has 0 aliphatic rings. The standard InChI is InChI=1S/C16H19NO4/c1-11-5-6-13-12(9-11)15(21-8-4-7-19-2)10-14(17-13)16(18)20-3/h5-6,9-10H,4,7-8H2,1-3H3. The van der Waals surface area contributed by atoms with Gasteiger partial charge in [-0.05, 0) is 19.1 Å². The second-order valence-corrected chi connectivity index (χ2v) is 4.71. The number of fused-ring (bicyclic) bond motifs is 1. The molecule has 0 fully saturated rings. The van der Waals surface area contributed by atoms with Gasteiger partial charge in [0.1, 0.15) is 5.75 Å². The summed E-state index contributed by atoms with van der Waals surface area (Å²) in [7, 11) is 2.99. The van der Waals surface area contributed by atoms with Crippen LogP contribution in [0.1, 0.15) is 22.5 Å². The Hall–Kier alpha value is -2.14. The molecule has 1 aromatic carbocycles. The minimum absolute atomic E-state index is 0.246. The summed E-state index contributed by atoms with van der Waals surface area (Å²) in [5.74, 6) is 0.166. The summed E-state index contributed by atoms with van der Waals surface area (Å²) in [6.07, 6.45) is 0.777. The van der Waals surface area contributed by atoms with Crippen molar-refractivity contribution in [2.75, 3.05) is 27.4 Å². The lowest BCUT2D eigenvalue weighted by molar-refractivity contribution is 0.0594. The van der Waals surface area contributed by atoms with Crippen molar-refractivity contribution in [2.24, 2.45) is 0 Å². The van der Waals surface area contributed by atoms with Crippen molar-refractivity contribution in [1.82, 2.24) is 4.98 Å². The molecular weight excluding hydrogens is 270 g/mol. The molecule has 0 saturated heterocycles. The Morgan fingerprint density at radius 2 is 2.00 bits per heavy atom. The van der Waals surface area contributed by atoms with E-state index in [9.17, 15) is 4.79 Å². The molecule has 0 spiro atoms. The zero-order chi connectivity index (χ0) is 15.2. The zero-order valence-corrected chi connectivity index (χ0v) is 12.5. The van der Waals surface area contributed by atoms with Crippen molar-refractivity contribution in [3.8, 4) is 5.75 Å². The topological polar surface area (TPSA) is 57.7 Å². The third-order valence-electron chi connectivity index (χ3n) is 3.07. The van der Waals surface area contributed by atoms with Gasteiger partial charge in [0.05, 0.1) is 19.2 Å². The molecule has 0 atom stereocenters. The van der Waals surface area contributed by atoms with Crippen molar-refractivity contribution < 1.29 is 19.0 Å². The highest BCUT2D eigenvalue weighted by atomic mass is 16.5. The Kier molecular flexibility index (Phi) is 5.11. The van der Waals surface area contributed by atoms with E-state index in [-0.39, 0.29) is 5.69 Å². The van der Waals surface area contributed by atoms with Crippen LogP contribution in [-0.4, -0.2) is 38.4 Å². The van der Waals surface area contributed by atoms with Crippen LogP contribution in [0, 0.1) is 6.92 Å². The first-order valence-corrected chi connectivity index (χ1v) is 6.77. The molecule has 0 aliphatic heterocycles. The van der Waals surface area contributed by atoms with E-state index in [4.69, 9.17) is 14.2 Å². The summed E-state index contributed by atoms with van der Waals surface area (Å²) in [4.78, 5) is 16.0. The molecule has 0 aliphatic carbocycles. The van der Waals surface area contributed by atoms with Gasteiger partial charge >= 0.3 is 5.97 Å². The van der Waals surface area contributed by atoms with Crippen molar-refractivity contribution in [1.29, 1.82) is 0 Å². The van der Waals surface area contributed by atoms with E-state index in [0.29, 0.717) is 24.5 Å². The number of benzene rings is 1. The van der Waals surface area contributed by atoms with Crippen LogP contribution in [-0.2, 0) is 9.47 Å². The Balaban J connectivity index is 2.38. The van der Waals surface area contributed by atoms with Crippen molar-refractivity contribution >= 4 is 16.9 Å². The second kappa shape index (κ2) is 7.04. The van der Waals surface area contributed by atoms with Gasteiger partial charge in [0, 0.05) is 31.6 Å². The Morgan fingerprint density at radius 3 is 2.71 bits per heavy atom. The average Bonchev–Trinajstić information content (AvgIpc) is 2.50. The van der Waals surface area contributed by atoms with Crippen LogP contribution in [0.3, 0.4) is 0 Å². The second-order valence-electron chi connectivity index (χ2n) is 4.71. The average molecular weight is 289 g/mol. The third-order valence-corrected chi connectivity index (χ3v) is 3.07. The van der Waals surface area contributed by atoms with Gasteiger partial charge in [-0.3, -0.25) is 0 Å². The summed E-state index contributed by atoms with van der Waals surface area (Å²) >= 11 is 0. The van der Waals surface area contributed by atoms with Gasteiger partial charge in [-0.1, -0.05) is 11.6 Å². The summed E-state index contributed by atoms with van der Waals surface area (Å²) in [6.45, 7) is 3.15. The molecule has 5 heteroatoms. The molecule has 2 rings (SSSR count). The van der Waals surface area contributed by atoms with Gasteiger partial charge in [-0.25, -0.2) is 9.78 Å². The van der Waals surface area contributed by atoms with Crippen molar-refractivity contribution in [3.05, 3.63) is 35.5 Å². The van der Waals surface area contributed by atoms with Crippen molar-refractivity contribution in [2.45, 2.75) is 13.3 Å². The van der Waals surface area contributed by atoms with E-state index in [1.165, 1.54) is 7.11 Å². The lowest BCUT2D eigenvalue weighted by atomic mass is 10.1. The summed E-state index contributed by atoms with van der Waals surface area (Å²) in [5, 5.41) is 0.889. The molecule has 0 bridgehead atoms.